The van der Waals surface area contributed by atoms with Gasteiger partial charge in [0, 0.05) is 0 Å². The Morgan fingerprint density at radius 1 is 1.09 bits per heavy atom. The lowest BCUT2D eigenvalue weighted by Gasteiger charge is -2.24. The third-order valence-electron chi connectivity index (χ3n) is 6.06. The van der Waals surface area contributed by atoms with Gasteiger partial charge in [0.25, 0.3) is 5.56 Å². The standard InChI is InChI=1S/C28H24N2O4S/c1-4-34-27(32)24-17(2)29-28-30(25(24)19-12-14-21(33-3)15-13-19)26(31)23(35-28)16-20-10-7-9-18-8-5-6-11-22(18)20/h5-16,25H,4H2,1-3H3/t25-/m0/s1. The molecule has 0 N–H and O–H groups in total. The van der Waals surface area contributed by atoms with E-state index in [2.05, 4.69) is 4.99 Å². The first-order valence-electron chi connectivity index (χ1n) is 11.3. The highest BCUT2D eigenvalue weighted by Gasteiger charge is 2.33. The van der Waals surface area contributed by atoms with Crippen LogP contribution in [0.4, 0.5) is 0 Å². The lowest BCUT2D eigenvalue weighted by atomic mass is 9.96. The molecular weight excluding hydrogens is 460 g/mol. The second kappa shape index (κ2) is 9.35. The summed E-state index contributed by atoms with van der Waals surface area (Å²) in [6.45, 7) is 3.77. The third kappa shape index (κ3) is 4.08. The number of benzene rings is 3. The van der Waals surface area contributed by atoms with Crippen LogP contribution in [0.1, 0.15) is 31.0 Å². The molecule has 0 unspecified atom stereocenters. The Balaban J connectivity index is 1.74. The molecule has 2 heterocycles. The minimum atomic E-state index is -0.647. The van der Waals surface area contributed by atoms with Crippen LogP contribution in [0.2, 0.25) is 0 Å². The van der Waals surface area contributed by atoms with E-state index in [1.807, 2.05) is 72.8 Å². The smallest absolute Gasteiger partial charge is 0.338 e. The summed E-state index contributed by atoms with van der Waals surface area (Å²) in [6, 6.07) is 20.8. The maximum atomic E-state index is 13.8. The van der Waals surface area contributed by atoms with Gasteiger partial charge in [0.05, 0.1) is 35.6 Å². The van der Waals surface area contributed by atoms with E-state index >= 15 is 0 Å². The summed E-state index contributed by atoms with van der Waals surface area (Å²) in [5, 5.41) is 2.17. The molecule has 5 rings (SSSR count). The van der Waals surface area contributed by atoms with Crippen LogP contribution in [-0.4, -0.2) is 24.3 Å². The summed E-state index contributed by atoms with van der Waals surface area (Å²) in [7, 11) is 1.60. The number of allylic oxidation sites excluding steroid dienone is 1. The Hall–Kier alpha value is -3.97. The van der Waals surface area contributed by atoms with Crippen molar-refractivity contribution in [2.75, 3.05) is 13.7 Å². The predicted molar refractivity (Wildman–Crippen MR) is 137 cm³/mol. The topological polar surface area (TPSA) is 69.9 Å². The number of thiazole rings is 1. The van der Waals surface area contributed by atoms with Gasteiger partial charge < -0.3 is 9.47 Å². The van der Waals surface area contributed by atoms with Gasteiger partial charge in [0.15, 0.2) is 4.80 Å². The van der Waals surface area contributed by atoms with E-state index in [4.69, 9.17) is 9.47 Å². The maximum absolute atomic E-state index is 13.8. The van der Waals surface area contributed by atoms with Gasteiger partial charge >= 0.3 is 5.97 Å². The predicted octanol–water partition coefficient (Wildman–Crippen LogP) is 3.96. The van der Waals surface area contributed by atoms with Gasteiger partial charge in [-0.15, -0.1) is 0 Å². The zero-order valence-electron chi connectivity index (χ0n) is 19.6. The molecule has 7 heteroatoms. The first-order chi connectivity index (χ1) is 17.0. The van der Waals surface area contributed by atoms with Crippen molar-refractivity contribution >= 4 is 34.2 Å². The normalized spacial score (nSPS) is 15.6. The molecule has 6 nitrogen and oxygen atoms in total. The monoisotopic (exact) mass is 484 g/mol. The van der Waals surface area contributed by atoms with Crippen LogP contribution in [0.3, 0.4) is 0 Å². The molecule has 0 spiro atoms. The SMILES string of the molecule is CCOC(=O)C1=C(C)N=c2sc(=Cc3cccc4ccccc34)c(=O)n2[C@H]1c1ccc(OC)cc1. The number of rotatable bonds is 5. The molecule has 0 radical (unpaired) electrons. The number of esters is 1. The number of carbonyl (C=O) groups excluding carboxylic acids is 1. The summed E-state index contributed by atoms with van der Waals surface area (Å²) in [5.74, 6) is 0.216. The molecule has 0 bridgehead atoms. The van der Waals surface area contributed by atoms with E-state index in [1.54, 1.807) is 25.5 Å². The Kier molecular flexibility index (Phi) is 6.09. The van der Waals surface area contributed by atoms with Gasteiger partial charge in [-0.05, 0) is 54.0 Å². The highest BCUT2D eigenvalue weighted by atomic mass is 32.1. The molecule has 1 aromatic heterocycles. The number of hydrogen-bond acceptors (Lipinski definition) is 6. The summed E-state index contributed by atoms with van der Waals surface area (Å²) < 4.78 is 12.8. The molecule has 0 amide bonds. The van der Waals surface area contributed by atoms with Crippen molar-refractivity contribution in [1.29, 1.82) is 0 Å². The average Bonchev–Trinajstić information content (AvgIpc) is 3.18. The Morgan fingerprint density at radius 2 is 1.83 bits per heavy atom. The first kappa shape index (κ1) is 22.8. The average molecular weight is 485 g/mol. The van der Waals surface area contributed by atoms with Crippen LogP contribution >= 0.6 is 11.3 Å². The lowest BCUT2D eigenvalue weighted by Crippen LogP contribution is -2.39. The van der Waals surface area contributed by atoms with Gasteiger partial charge in [-0.2, -0.15) is 0 Å². The molecule has 1 aliphatic rings. The van der Waals surface area contributed by atoms with Gasteiger partial charge in [-0.25, -0.2) is 9.79 Å². The Morgan fingerprint density at radius 3 is 2.57 bits per heavy atom. The zero-order chi connectivity index (χ0) is 24.5. The number of ether oxygens (including phenoxy) is 2. The van der Waals surface area contributed by atoms with Crippen LogP contribution in [0.5, 0.6) is 5.75 Å². The number of aromatic nitrogens is 1. The third-order valence-corrected chi connectivity index (χ3v) is 7.04. The highest BCUT2D eigenvalue weighted by Crippen LogP contribution is 2.31. The largest absolute Gasteiger partial charge is 0.497 e. The van der Waals surface area contributed by atoms with Crippen LogP contribution in [0.25, 0.3) is 16.8 Å². The molecule has 1 atom stereocenters. The van der Waals surface area contributed by atoms with Gasteiger partial charge in [-0.3, -0.25) is 9.36 Å². The number of carbonyl (C=O) groups is 1. The fraction of sp³-hybridized carbons (Fsp3) is 0.179. The van der Waals surface area contributed by atoms with Crippen LogP contribution in [0.15, 0.2) is 87.8 Å². The summed E-state index contributed by atoms with van der Waals surface area (Å²) >= 11 is 1.32. The van der Waals surface area contributed by atoms with E-state index < -0.39 is 12.0 Å². The van der Waals surface area contributed by atoms with Crippen LogP contribution in [-0.2, 0) is 9.53 Å². The zero-order valence-corrected chi connectivity index (χ0v) is 20.5. The Bertz CT molecular complexity index is 1640. The quantitative estimate of drug-likeness (QED) is 0.402. The van der Waals surface area contributed by atoms with E-state index in [1.165, 1.54) is 11.3 Å². The van der Waals surface area contributed by atoms with Crippen molar-refractivity contribution in [1.82, 2.24) is 4.57 Å². The minimum Gasteiger partial charge on any atom is -0.497 e. The molecule has 4 aromatic rings. The molecule has 35 heavy (non-hydrogen) atoms. The van der Waals surface area contributed by atoms with Crippen molar-refractivity contribution in [3.8, 4) is 5.75 Å². The van der Waals surface area contributed by atoms with Gasteiger partial charge in [0.2, 0.25) is 0 Å². The molecule has 0 saturated carbocycles. The first-order valence-corrected chi connectivity index (χ1v) is 12.1. The highest BCUT2D eigenvalue weighted by molar-refractivity contribution is 7.07. The van der Waals surface area contributed by atoms with E-state index in [9.17, 15) is 9.59 Å². The second-order valence-corrected chi connectivity index (χ2v) is 9.15. The second-order valence-electron chi connectivity index (χ2n) is 8.14. The van der Waals surface area contributed by atoms with Gasteiger partial charge in [0.1, 0.15) is 5.75 Å². The van der Waals surface area contributed by atoms with E-state index in [-0.39, 0.29) is 12.2 Å². The molecule has 0 aliphatic carbocycles. The number of hydrogen-bond donors (Lipinski definition) is 0. The molecule has 0 saturated heterocycles. The van der Waals surface area contributed by atoms with Crippen LogP contribution < -0.4 is 19.6 Å². The molecule has 3 aromatic carbocycles. The van der Waals surface area contributed by atoms with Crippen LogP contribution in [0, 0.1) is 0 Å². The van der Waals surface area contributed by atoms with Crippen molar-refractivity contribution in [2.24, 2.45) is 4.99 Å². The molecule has 1 aliphatic heterocycles. The summed E-state index contributed by atoms with van der Waals surface area (Å²) in [5.41, 5.74) is 2.44. The van der Waals surface area contributed by atoms with E-state index in [0.717, 1.165) is 21.9 Å². The molecule has 0 fully saturated rings. The molecular formula is C28H24N2O4S. The summed E-state index contributed by atoms with van der Waals surface area (Å²) in [6.07, 6.45) is 1.90. The molecule has 176 valence electrons. The van der Waals surface area contributed by atoms with E-state index in [0.29, 0.717) is 26.4 Å². The fourth-order valence-electron chi connectivity index (χ4n) is 4.41. The number of nitrogens with zero attached hydrogens (tertiary/aromatic N) is 2. The number of methoxy groups -OCH3 is 1. The maximum Gasteiger partial charge on any atom is 0.338 e. The Labute approximate surface area is 206 Å². The van der Waals surface area contributed by atoms with Crippen molar-refractivity contribution in [3.05, 3.63) is 109 Å². The fourth-order valence-corrected chi connectivity index (χ4v) is 5.45. The summed E-state index contributed by atoms with van der Waals surface area (Å²) in [4.78, 5) is 32.0. The minimum absolute atomic E-state index is 0.197. The van der Waals surface area contributed by atoms with Crippen molar-refractivity contribution in [3.63, 3.8) is 0 Å². The lowest BCUT2D eigenvalue weighted by molar-refractivity contribution is -0.139. The number of fused-ring (bicyclic) bond motifs is 2. The van der Waals surface area contributed by atoms with Crippen molar-refractivity contribution in [2.45, 2.75) is 19.9 Å². The van der Waals surface area contributed by atoms with Gasteiger partial charge in [-0.1, -0.05) is 65.9 Å². The van der Waals surface area contributed by atoms with Crippen molar-refractivity contribution < 1.29 is 14.3 Å².